The van der Waals surface area contributed by atoms with Crippen LogP contribution < -0.4 is 24.8 Å². The molecular weight excluding hydrogens is 614 g/mol. The molecule has 1 aliphatic rings. The average molecular weight is 660 g/mol. The first-order valence-electron chi connectivity index (χ1n) is 16.3. The zero-order chi connectivity index (χ0) is 34.8. The summed E-state index contributed by atoms with van der Waals surface area (Å²) in [5.41, 5.74) is -0.578. The van der Waals surface area contributed by atoms with Crippen LogP contribution in [0.1, 0.15) is 52.5 Å². The molecule has 0 radical (unpaired) electrons. The molecule has 256 valence electrons. The van der Waals surface area contributed by atoms with E-state index < -0.39 is 47.4 Å². The van der Waals surface area contributed by atoms with Crippen molar-refractivity contribution < 1.29 is 38.5 Å². The lowest BCUT2D eigenvalue weighted by Crippen LogP contribution is -2.56. The molecule has 1 aliphatic carbocycles. The lowest BCUT2D eigenvalue weighted by Gasteiger charge is -2.44. The summed E-state index contributed by atoms with van der Waals surface area (Å²) in [6, 6.07) is 20.3. The zero-order valence-corrected chi connectivity index (χ0v) is 28.2. The van der Waals surface area contributed by atoms with Crippen molar-refractivity contribution in [3.8, 4) is 17.2 Å². The number of rotatable bonds is 14. The number of nitrogens with zero attached hydrogens (tertiary/aromatic N) is 1. The van der Waals surface area contributed by atoms with E-state index in [1.54, 1.807) is 77.7 Å². The van der Waals surface area contributed by atoms with E-state index in [-0.39, 0.29) is 12.5 Å². The van der Waals surface area contributed by atoms with Gasteiger partial charge < -0.3 is 34.9 Å². The lowest BCUT2D eigenvalue weighted by atomic mass is 9.61. The summed E-state index contributed by atoms with van der Waals surface area (Å²) in [6.07, 6.45) is -0.422. The van der Waals surface area contributed by atoms with Crippen molar-refractivity contribution in [3.05, 3.63) is 78.4 Å². The van der Waals surface area contributed by atoms with E-state index in [0.29, 0.717) is 60.5 Å². The van der Waals surface area contributed by atoms with Crippen molar-refractivity contribution >= 4 is 34.9 Å². The summed E-state index contributed by atoms with van der Waals surface area (Å²) in [4.78, 5) is 56.2. The predicted molar refractivity (Wildman–Crippen MR) is 182 cm³/mol. The normalized spacial score (nSPS) is 20.4. The van der Waals surface area contributed by atoms with E-state index in [9.17, 15) is 24.3 Å². The van der Waals surface area contributed by atoms with Gasteiger partial charge in [-0.1, -0.05) is 36.4 Å². The molecule has 48 heavy (non-hydrogen) atoms. The van der Waals surface area contributed by atoms with Crippen LogP contribution in [0.5, 0.6) is 17.2 Å². The van der Waals surface area contributed by atoms with Gasteiger partial charge in [-0.3, -0.25) is 19.2 Å². The number of aliphatic hydroxyl groups is 1. The van der Waals surface area contributed by atoms with Gasteiger partial charge in [-0.05, 0) is 76.6 Å². The minimum Gasteiger partial charge on any atom is -0.492 e. The Bertz CT molecular complexity index is 1590. The van der Waals surface area contributed by atoms with Crippen molar-refractivity contribution in [1.29, 1.82) is 0 Å². The first-order valence-corrected chi connectivity index (χ1v) is 16.3. The smallest absolute Gasteiger partial charge is 0.260 e. The lowest BCUT2D eigenvalue weighted by molar-refractivity contribution is -0.151. The summed E-state index contributed by atoms with van der Waals surface area (Å²) in [5, 5.41) is 17.4. The minimum atomic E-state index is -1.81. The standard InChI is InChI=1S/C37H45N3O8/c1-6-40(7-2)31(42)23-48-25-20-18-24(19-21-25)32-33(35(43)38-26-14-10-12-16-29(26)46-8-3)28(41)22-37(5,45)34(32)36(44)39-27-15-11-13-17-30(27)47-9-4/h10-21,32-34,45H,6-9,22-23H2,1-5H3,(H,38,43)(H,39,44). The molecule has 4 rings (SSSR count). The molecule has 0 saturated heterocycles. The number of carbonyl (C=O) groups excluding carboxylic acids is 4. The first-order chi connectivity index (χ1) is 23.0. The predicted octanol–water partition coefficient (Wildman–Crippen LogP) is 5.05. The van der Waals surface area contributed by atoms with E-state index in [4.69, 9.17) is 14.2 Å². The summed E-state index contributed by atoms with van der Waals surface area (Å²) < 4.78 is 17.1. The molecular formula is C37H45N3O8. The Labute approximate surface area is 281 Å². The monoisotopic (exact) mass is 659 g/mol. The molecule has 0 heterocycles. The summed E-state index contributed by atoms with van der Waals surface area (Å²) in [6.45, 7) is 10.5. The third kappa shape index (κ3) is 8.32. The van der Waals surface area contributed by atoms with Gasteiger partial charge in [0.2, 0.25) is 11.8 Å². The number of likely N-dealkylation sites (N-methyl/N-ethyl adjacent to an activating group) is 1. The quantitative estimate of drug-likeness (QED) is 0.204. The number of benzene rings is 3. The van der Waals surface area contributed by atoms with Crippen molar-refractivity contribution in [1.82, 2.24) is 4.90 Å². The number of carbonyl (C=O) groups is 4. The van der Waals surface area contributed by atoms with Gasteiger partial charge in [0.05, 0.1) is 36.1 Å². The number of hydrogen-bond acceptors (Lipinski definition) is 8. The third-order valence-corrected chi connectivity index (χ3v) is 8.47. The van der Waals surface area contributed by atoms with Crippen molar-refractivity contribution in [2.75, 3.05) is 43.5 Å². The van der Waals surface area contributed by atoms with Gasteiger partial charge in [-0.25, -0.2) is 0 Å². The zero-order valence-electron chi connectivity index (χ0n) is 28.2. The molecule has 1 saturated carbocycles. The van der Waals surface area contributed by atoms with E-state index in [2.05, 4.69) is 10.6 Å². The van der Waals surface area contributed by atoms with Gasteiger partial charge in [0.1, 0.15) is 28.9 Å². The van der Waals surface area contributed by atoms with Crippen LogP contribution in [-0.4, -0.2) is 72.0 Å². The highest BCUT2D eigenvalue weighted by atomic mass is 16.5. The van der Waals surface area contributed by atoms with Crippen LogP contribution >= 0.6 is 0 Å². The highest BCUT2D eigenvalue weighted by Crippen LogP contribution is 2.47. The molecule has 4 unspecified atom stereocenters. The number of anilines is 2. The molecule has 11 nitrogen and oxygen atoms in total. The minimum absolute atomic E-state index is 0.161. The Morgan fingerprint density at radius 3 is 1.83 bits per heavy atom. The van der Waals surface area contributed by atoms with Crippen LogP contribution in [0.2, 0.25) is 0 Å². The topological polar surface area (TPSA) is 144 Å². The Kier molecular flexibility index (Phi) is 12.2. The molecule has 0 aliphatic heterocycles. The van der Waals surface area contributed by atoms with Crippen molar-refractivity contribution in [2.24, 2.45) is 11.8 Å². The molecule has 11 heteroatoms. The number of hydrogen-bond donors (Lipinski definition) is 3. The molecule has 3 aromatic rings. The van der Waals surface area contributed by atoms with E-state index in [1.165, 1.54) is 6.92 Å². The first kappa shape index (κ1) is 35.9. The number of nitrogens with one attached hydrogen (secondary N) is 2. The Morgan fingerprint density at radius 1 is 0.792 bits per heavy atom. The van der Waals surface area contributed by atoms with Crippen molar-refractivity contribution in [2.45, 2.75) is 52.6 Å². The highest BCUT2D eigenvalue weighted by molar-refractivity contribution is 6.11. The second-order valence-electron chi connectivity index (χ2n) is 11.7. The summed E-state index contributed by atoms with van der Waals surface area (Å²) in [5.74, 6) is -4.27. The fourth-order valence-electron chi connectivity index (χ4n) is 6.21. The molecule has 1 fully saturated rings. The maximum Gasteiger partial charge on any atom is 0.260 e. The average Bonchev–Trinajstić information content (AvgIpc) is 3.05. The van der Waals surface area contributed by atoms with Gasteiger partial charge in [0.25, 0.3) is 5.91 Å². The van der Waals surface area contributed by atoms with Crippen LogP contribution in [0.4, 0.5) is 11.4 Å². The Hall–Kier alpha value is -4.90. The van der Waals surface area contributed by atoms with Gasteiger partial charge >= 0.3 is 0 Å². The molecule has 0 aromatic heterocycles. The van der Waals surface area contributed by atoms with Crippen LogP contribution in [0.15, 0.2) is 72.8 Å². The molecule has 0 spiro atoms. The molecule has 3 amide bonds. The molecule has 0 bridgehead atoms. The van der Waals surface area contributed by atoms with E-state index in [1.807, 2.05) is 27.7 Å². The van der Waals surface area contributed by atoms with E-state index >= 15 is 0 Å². The summed E-state index contributed by atoms with van der Waals surface area (Å²) in [7, 11) is 0. The van der Waals surface area contributed by atoms with Gasteiger partial charge in [-0.2, -0.15) is 0 Å². The van der Waals surface area contributed by atoms with Crippen LogP contribution in [0, 0.1) is 11.8 Å². The number of amides is 3. The number of Topliss-reactive ketones (excluding diaryl/α,β-unsaturated/α-hetero) is 1. The summed E-state index contributed by atoms with van der Waals surface area (Å²) >= 11 is 0. The van der Waals surface area contributed by atoms with Crippen LogP contribution in [0.25, 0.3) is 0 Å². The Balaban J connectivity index is 1.73. The number of ether oxygens (including phenoxy) is 3. The third-order valence-electron chi connectivity index (χ3n) is 8.47. The van der Waals surface area contributed by atoms with Crippen LogP contribution in [0.3, 0.4) is 0 Å². The molecule has 3 N–H and O–H groups in total. The Morgan fingerprint density at radius 2 is 1.31 bits per heavy atom. The largest absolute Gasteiger partial charge is 0.492 e. The molecule has 3 aromatic carbocycles. The maximum absolute atomic E-state index is 14.2. The molecule has 4 atom stereocenters. The second kappa shape index (κ2) is 16.3. The number of ketones is 1. The number of para-hydroxylation sites is 4. The fraction of sp³-hybridized carbons (Fsp3) is 0.405. The van der Waals surface area contributed by atoms with Gasteiger partial charge in [0, 0.05) is 25.4 Å². The second-order valence-corrected chi connectivity index (χ2v) is 11.7. The fourth-order valence-corrected chi connectivity index (χ4v) is 6.21. The SMILES string of the molecule is CCOc1ccccc1NC(=O)C1C(=O)CC(C)(O)C(C(=O)Nc2ccccc2OCC)C1c1ccc(OCC(=O)N(CC)CC)cc1. The van der Waals surface area contributed by atoms with Crippen molar-refractivity contribution in [3.63, 3.8) is 0 Å². The van der Waals surface area contributed by atoms with Crippen LogP contribution in [-0.2, 0) is 19.2 Å². The van der Waals surface area contributed by atoms with E-state index in [0.717, 1.165) is 0 Å². The maximum atomic E-state index is 14.2. The van der Waals surface area contributed by atoms with Gasteiger partial charge in [-0.15, -0.1) is 0 Å². The highest BCUT2D eigenvalue weighted by Gasteiger charge is 2.56. The van der Waals surface area contributed by atoms with Gasteiger partial charge in [0.15, 0.2) is 6.61 Å².